The van der Waals surface area contributed by atoms with Crippen molar-refractivity contribution in [2.45, 2.75) is 25.6 Å². The molecule has 3 heterocycles. The van der Waals surface area contributed by atoms with Crippen LogP contribution in [-0.2, 0) is 6.61 Å². The molecule has 0 unspecified atom stereocenters. The molecule has 0 spiro atoms. The molecule has 0 amide bonds. The molecule has 0 atom stereocenters. The molecule has 1 aliphatic rings. The number of hydrogen-bond donors (Lipinski definition) is 2. The summed E-state index contributed by atoms with van der Waals surface area (Å²) in [5.41, 5.74) is 8.04. The van der Waals surface area contributed by atoms with Crippen LogP contribution in [0.1, 0.15) is 18.5 Å². The van der Waals surface area contributed by atoms with E-state index < -0.39 is 0 Å². The van der Waals surface area contributed by atoms with E-state index >= 15 is 0 Å². The van der Waals surface area contributed by atoms with Crippen LogP contribution in [0.2, 0.25) is 5.02 Å². The minimum absolute atomic E-state index is 0. The Bertz CT molecular complexity index is 1290. The van der Waals surface area contributed by atoms with Crippen LogP contribution in [0.5, 0.6) is 11.5 Å². The number of rotatable bonds is 7. The lowest BCUT2D eigenvalue weighted by atomic mass is 10.1. The van der Waals surface area contributed by atoms with Crippen LogP contribution in [0.15, 0.2) is 48.1 Å². The van der Waals surface area contributed by atoms with Crippen LogP contribution in [-0.4, -0.2) is 46.1 Å². The molecule has 5 rings (SSSR count). The van der Waals surface area contributed by atoms with Crippen molar-refractivity contribution >= 4 is 62.9 Å². The van der Waals surface area contributed by atoms with E-state index in [1.165, 1.54) is 11.3 Å². The summed E-state index contributed by atoms with van der Waals surface area (Å²) in [6, 6.07) is 11.4. The Hall–Kier alpha value is -2.85. The quantitative estimate of drug-likeness (QED) is 0.320. The van der Waals surface area contributed by atoms with E-state index in [-0.39, 0.29) is 18.5 Å². The number of fused-ring (bicyclic) bond motifs is 1. The SMILES string of the molecule is CN1CCC(Oc2cccc3ncnc(Nc4ccc(OCc5csc(N)n5)c(Cl)c4)c23)CC1.Cl. The third kappa shape index (κ3) is 6.05. The van der Waals surface area contributed by atoms with E-state index in [9.17, 15) is 0 Å². The van der Waals surface area contributed by atoms with Gasteiger partial charge in [0.15, 0.2) is 5.13 Å². The predicted molar refractivity (Wildman–Crippen MR) is 144 cm³/mol. The van der Waals surface area contributed by atoms with Crippen LogP contribution in [0.25, 0.3) is 10.9 Å². The first kappa shape index (κ1) is 25.2. The summed E-state index contributed by atoms with van der Waals surface area (Å²) in [6.45, 7) is 2.36. The Kier molecular flexibility index (Phi) is 8.12. The third-order valence-corrected chi connectivity index (χ3v) is 6.74. The van der Waals surface area contributed by atoms with Crippen LogP contribution >= 0.6 is 35.3 Å². The summed E-state index contributed by atoms with van der Waals surface area (Å²) >= 11 is 7.87. The molecule has 1 saturated heterocycles. The molecule has 1 aliphatic heterocycles. The molecular formula is C24H26Cl2N6O2S. The second-order valence-corrected chi connectivity index (χ2v) is 9.53. The zero-order valence-electron chi connectivity index (χ0n) is 19.1. The zero-order valence-corrected chi connectivity index (χ0v) is 21.5. The van der Waals surface area contributed by atoms with Gasteiger partial charge in [-0.3, -0.25) is 0 Å². The fourth-order valence-electron chi connectivity index (χ4n) is 3.93. The maximum atomic E-state index is 6.49. The predicted octanol–water partition coefficient (Wildman–Crippen LogP) is 5.54. The number of hydrogen-bond acceptors (Lipinski definition) is 9. The number of halogens is 2. The van der Waals surface area contributed by atoms with Crippen molar-refractivity contribution in [3.63, 3.8) is 0 Å². The smallest absolute Gasteiger partial charge is 0.180 e. The lowest BCUT2D eigenvalue weighted by molar-refractivity contribution is 0.116. The Labute approximate surface area is 218 Å². The van der Waals surface area contributed by atoms with Crippen molar-refractivity contribution in [3.8, 4) is 11.5 Å². The van der Waals surface area contributed by atoms with Crippen LogP contribution in [0, 0.1) is 0 Å². The second kappa shape index (κ2) is 11.3. The number of thiazole rings is 1. The number of aromatic nitrogens is 3. The van der Waals surface area contributed by atoms with Crippen molar-refractivity contribution in [2.24, 2.45) is 0 Å². The number of likely N-dealkylation sites (tertiary alicyclic amines) is 1. The lowest BCUT2D eigenvalue weighted by Gasteiger charge is -2.29. The van der Waals surface area contributed by atoms with Gasteiger partial charge < -0.3 is 25.4 Å². The molecule has 8 nitrogen and oxygen atoms in total. The molecule has 4 aromatic rings. The number of nitrogens with one attached hydrogen (secondary N) is 1. The van der Waals surface area contributed by atoms with Gasteiger partial charge in [-0.15, -0.1) is 23.7 Å². The van der Waals surface area contributed by atoms with Crippen molar-refractivity contribution in [1.82, 2.24) is 19.9 Å². The molecule has 0 saturated carbocycles. The van der Waals surface area contributed by atoms with E-state index in [4.69, 9.17) is 26.8 Å². The highest BCUT2D eigenvalue weighted by atomic mass is 35.5. The largest absolute Gasteiger partial charge is 0.489 e. The van der Waals surface area contributed by atoms with Gasteiger partial charge in [-0.2, -0.15) is 0 Å². The molecule has 11 heteroatoms. The fraction of sp³-hybridized carbons (Fsp3) is 0.292. The van der Waals surface area contributed by atoms with Gasteiger partial charge in [0.05, 0.1) is 21.6 Å². The van der Waals surface area contributed by atoms with Crippen LogP contribution in [0.3, 0.4) is 0 Å². The Morgan fingerprint density at radius 2 is 2.00 bits per heavy atom. The highest BCUT2D eigenvalue weighted by Crippen LogP contribution is 2.35. The minimum Gasteiger partial charge on any atom is -0.489 e. The van der Waals surface area contributed by atoms with E-state index in [2.05, 4.69) is 32.2 Å². The zero-order chi connectivity index (χ0) is 23.5. The second-order valence-electron chi connectivity index (χ2n) is 8.23. The van der Waals surface area contributed by atoms with Crippen molar-refractivity contribution < 1.29 is 9.47 Å². The van der Waals surface area contributed by atoms with Gasteiger partial charge in [0.25, 0.3) is 0 Å². The van der Waals surface area contributed by atoms with Gasteiger partial charge in [0, 0.05) is 24.2 Å². The standard InChI is InChI=1S/C24H25ClN6O2S.ClH/c1-31-9-7-17(8-10-31)33-21-4-2-3-19-22(21)23(28-14-27-19)29-15-5-6-20(18(25)11-15)32-12-16-13-34-24(26)30-16;/h2-6,11,13-14,17H,7-10,12H2,1H3,(H2,26,30)(H,27,28,29);1H. The van der Waals surface area contributed by atoms with Gasteiger partial charge in [0.2, 0.25) is 0 Å². The van der Waals surface area contributed by atoms with Gasteiger partial charge in [-0.1, -0.05) is 17.7 Å². The number of nitrogens with two attached hydrogens (primary N) is 1. The Morgan fingerprint density at radius 3 is 2.74 bits per heavy atom. The maximum Gasteiger partial charge on any atom is 0.180 e. The summed E-state index contributed by atoms with van der Waals surface area (Å²) in [5, 5.41) is 7.08. The molecule has 3 N–H and O–H groups in total. The minimum atomic E-state index is 0. The van der Waals surface area contributed by atoms with Gasteiger partial charge in [-0.25, -0.2) is 15.0 Å². The summed E-state index contributed by atoms with van der Waals surface area (Å²) in [5.74, 6) is 2.01. The first-order chi connectivity index (χ1) is 16.5. The number of piperidine rings is 1. The summed E-state index contributed by atoms with van der Waals surface area (Å²) in [4.78, 5) is 15.5. The highest BCUT2D eigenvalue weighted by Gasteiger charge is 2.20. The summed E-state index contributed by atoms with van der Waals surface area (Å²) in [7, 11) is 2.14. The third-order valence-electron chi connectivity index (χ3n) is 5.72. The molecule has 1 fully saturated rings. The maximum absolute atomic E-state index is 6.49. The fourth-order valence-corrected chi connectivity index (χ4v) is 4.71. The van der Waals surface area contributed by atoms with Gasteiger partial charge >= 0.3 is 0 Å². The molecule has 2 aromatic carbocycles. The first-order valence-corrected chi connectivity index (χ1v) is 12.3. The topological polar surface area (TPSA) is 98.4 Å². The van der Waals surface area contributed by atoms with E-state index in [0.717, 1.165) is 54.0 Å². The molecule has 184 valence electrons. The lowest BCUT2D eigenvalue weighted by Crippen LogP contribution is -2.35. The molecule has 0 bridgehead atoms. The summed E-state index contributed by atoms with van der Waals surface area (Å²) < 4.78 is 12.2. The number of ether oxygens (including phenoxy) is 2. The van der Waals surface area contributed by atoms with Crippen LogP contribution in [0.4, 0.5) is 16.6 Å². The van der Waals surface area contributed by atoms with Crippen molar-refractivity contribution in [2.75, 3.05) is 31.2 Å². The molecule has 2 aromatic heterocycles. The number of benzene rings is 2. The molecule has 0 aliphatic carbocycles. The number of anilines is 3. The monoisotopic (exact) mass is 532 g/mol. The van der Waals surface area contributed by atoms with Crippen LogP contribution < -0.4 is 20.5 Å². The van der Waals surface area contributed by atoms with E-state index in [0.29, 0.717) is 28.3 Å². The Morgan fingerprint density at radius 1 is 1.17 bits per heavy atom. The van der Waals surface area contributed by atoms with E-state index in [1.807, 2.05) is 35.7 Å². The number of nitrogen functional groups attached to an aromatic ring is 1. The normalized spacial score (nSPS) is 14.5. The van der Waals surface area contributed by atoms with Crippen molar-refractivity contribution in [3.05, 3.63) is 58.8 Å². The highest BCUT2D eigenvalue weighted by molar-refractivity contribution is 7.13. The first-order valence-electron chi connectivity index (χ1n) is 11.0. The van der Waals surface area contributed by atoms with E-state index in [1.54, 1.807) is 12.4 Å². The van der Waals surface area contributed by atoms with Gasteiger partial charge in [-0.05, 0) is 50.2 Å². The number of nitrogens with zero attached hydrogens (tertiary/aromatic N) is 4. The molecule has 0 radical (unpaired) electrons. The molecular weight excluding hydrogens is 507 g/mol. The Balaban J connectivity index is 0.00000289. The molecule has 35 heavy (non-hydrogen) atoms. The summed E-state index contributed by atoms with van der Waals surface area (Å²) in [6.07, 6.45) is 3.71. The van der Waals surface area contributed by atoms with Gasteiger partial charge in [0.1, 0.15) is 36.4 Å². The average molecular weight is 533 g/mol. The average Bonchev–Trinajstić information content (AvgIpc) is 3.25. The van der Waals surface area contributed by atoms with Crippen molar-refractivity contribution in [1.29, 1.82) is 0 Å².